The fraction of sp³-hybridized carbons (Fsp3) is 0.455. The third-order valence-corrected chi connectivity index (χ3v) is 2.25. The van der Waals surface area contributed by atoms with Gasteiger partial charge in [-0.3, -0.25) is 0 Å². The Kier molecular flexibility index (Phi) is 4.55. The molecule has 0 aromatic heterocycles. The Hall–Kier alpha value is -1.10. The van der Waals surface area contributed by atoms with Gasteiger partial charge in [0, 0.05) is 12.1 Å². The normalized spacial score (nSPS) is 14.7. The van der Waals surface area contributed by atoms with Gasteiger partial charge in [0.2, 0.25) is 0 Å². The average molecular weight is 210 g/mol. The lowest BCUT2D eigenvalue weighted by molar-refractivity contribution is 0.249. The van der Waals surface area contributed by atoms with Gasteiger partial charge in [0.05, 0.1) is 13.2 Å². The Morgan fingerprint density at radius 2 is 1.87 bits per heavy atom. The van der Waals surface area contributed by atoms with E-state index in [2.05, 4.69) is 0 Å². The van der Waals surface area contributed by atoms with Crippen LogP contribution in [0.3, 0.4) is 0 Å². The molecule has 0 aliphatic rings. The molecule has 2 atom stereocenters. The molecule has 15 heavy (non-hydrogen) atoms. The molecule has 1 aromatic carbocycles. The van der Waals surface area contributed by atoms with Crippen LogP contribution in [-0.4, -0.2) is 24.4 Å². The highest BCUT2D eigenvalue weighted by Gasteiger charge is 2.13. The molecule has 0 saturated heterocycles. The molecule has 2 unspecified atom stereocenters. The summed E-state index contributed by atoms with van der Waals surface area (Å²) < 4.78 is 5.31. The van der Waals surface area contributed by atoms with Gasteiger partial charge in [-0.2, -0.15) is 0 Å². The van der Waals surface area contributed by atoms with E-state index in [4.69, 9.17) is 21.3 Å². The Morgan fingerprint density at radius 1 is 1.27 bits per heavy atom. The standard InChI is InChI=1S/C11H18N2O2/c1-2-15-9-5-3-8(4-6-9)11(13)10(12)7-14/h3-6,10-11,14H,2,7,12-13H2,1H3. The maximum atomic E-state index is 8.88. The van der Waals surface area contributed by atoms with Crippen molar-refractivity contribution in [2.45, 2.75) is 19.0 Å². The van der Waals surface area contributed by atoms with E-state index in [9.17, 15) is 0 Å². The number of nitrogens with two attached hydrogens (primary N) is 2. The van der Waals surface area contributed by atoms with E-state index in [-0.39, 0.29) is 12.6 Å². The average Bonchev–Trinajstić information content (AvgIpc) is 2.28. The minimum Gasteiger partial charge on any atom is -0.494 e. The Bertz CT molecular complexity index is 287. The van der Waals surface area contributed by atoms with E-state index < -0.39 is 6.04 Å². The first-order chi connectivity index (χ1) is 7.19. The number of benzene rings is 1. The molecule has 4 nitrogen and oxygen atoms in total. The van der Waals surface area contributed by atoms with E-state index in [0.29, 0.717) is 6.61 Å². The van der Waals surface area contributed by atoms with Crippen LogP contribution in [-0.2, 0) is 0 Å². The summed E-state index contributed by atoms with van der Waals surface area (Å²) in [4.78, 5) is 0. The highest BCUT2D eigenvalue weighted by molar-refractivity contribution is 5.29. The molecule has 5 N–H and O–H groups in total. The summed E-state index contributed by atoms with van der Waals surface area (Å²) in [6.07, 6.45) is 0. The summed E-state index contributed by atoms with van der Waals surface area (Å²) in [7, 11) is 0. The molecule has 0 aliphatic carbocycles. The fourth-order valence-corrected chi connectivity index (χ4v) is 1.31. The molecular weight excluding hydrogens is 192 g/mol. The van der Waals surface area contributed by atoms with Crippen molar-refractivity contribution in [3.05, 3.63) is 29.8 Å². The van der Waals surface area contributed by atoms with Crippen molar-refractivity contribution in [2.75, 3.05) is 13.2 Å². The van der Waals surface area contributed by atoms with Crippen LogP contribution in [0.25, 0.3) is 0 Å². The molecule has 1 rings (SSSR count). The van der Waals surface area contributed by atoms with Crippen molar-refractivity contribution in [3.8, 4) is 5.75 Å². The van der Waals surface area contributed by atoms with Crippen LogP contribution in [0.5, 0.6) is 5.75 Å². The first-order valence-electron chi connectivity index (χ1n) is 5.03. The predicted molar refractivity (Wildman–Crippen MR) is 59.6 cm³/mol. The molecule has 0 radical (unpaired) electrons. The number of hydrogen-bond donors (Lipinski definition) is 3. The van der Waals surface area contributed by atoms with Crippen molar-refractivity contribution < 1.29 is 9.84 Å². The molecule has 84 valence electrons. The Balaban J connectivity index is 2.70. The number of aliphatic hydroxyl groups is 1. The lowest BCUT2D eigenvalue weighted by Gasteiger charge is -2.18. The number of rotatable bonds is 5. The van der Waals surface area contributed by atoms with Crippen molar-refractivity contribution >= 4 is 0 Å². The van der Waals surface area contributed by atoms with Gasteiger partial charge in [0.25, 0.3) is 0 Å². The molecule has 0 spiro atoms. The van der Waals surface area contributed by atoms with Crippen molar-refractivity contribution in [1.82, 2.24) is 0 Å². The van der Waals surface area contributed by atoms with E-state index in [0.717, 1.165) is 11.3 Å². The van der Waals surface area contributed by atoms with Gasteiger partial charge < -0.3 is 21.3 Å². The van der Waals surface area contributed by atoms with Gasteiger partial charge in [0.1, 0.15) is 5.75 Å². The maximum absolute atomic E-state index is 8.88. The highest BCUT2D eigenvalue weighted by atomic mass is 16.5. The largest absolute Gasteiger partial charge is 0.494 e. The summed E-state index contributed by atoms with van der Waals surface area (Å²) in [5.74, 6) is 0.811. The van der Waals surface area contributed by atoms with Crippen molar-refractivity contribution in [2.24, 2.45) is 11.5 Å². The molecule has 0 saturated carbocycles. The zero-order valence-electron chi connectivity index (χ0n) is 8.89. The monoisotopic (exact) mass is 210 g/mol. The van der Waals surface area contributed by atoms with Crippen LogP contribution in [0.2, 0.25) is 0 Å². The molecule has 0 fully saturated rings. The fourth-order valence-electron chi connectivity index (χ4n) is 1.31. The molecular formula is C11H18N2O2. The van der Waals surface area contributed by atoms with Crippen LogP contribution in [0.15, 0.2) is 24.3 Å². The number of aliphatic hydroxyl groups excluding tert-OH is 1. The van der Waals surface area contributed by atoms with Gasteiger partial charge in [0.15, 0.2) is 0 Å². The Labute approximate surface area is 89.8 Å². The SMILES string of the molecule is CCOc1ccc(C(N)C(N)CO)cc1. The zero-order chi connectivity index (χ0) is 11.3. The summed E-state index contributed by atoms with van der Waals surface area (Å²) in [6.45, 7) is 2.46. The predicted octanol–water partition coefficient (Wildman–Crippen LogP) is 0.405. The van der Waals surface area contributed by atoms with Crippen LogP contribution < -0.4 is 16.2 Å². The van der Waals surface area contributed by atoms with Crippen LogP contribution >= 0.6 is 0 Å². The van der Waals surface area contributed by atoms with E-state index >= 15 is 0 Å². The zero-order valence-corrected chi connectivity index (χ0v) is 8.89. The third kappa shape index (κ3) is 3.20. The second-order valence-electron chi connectivity index (χ2n) is 3.37. The minimum atomic E-state index is -0.428. The van der Waals surface area contributed by atoms with Crippen LogP contribution in [0, 0.1) is 0 Å². The van der Waals surface area contributed by atoms with Gasteiger partial charge in [-0.15, -0.1) is 0 Å². The van der Waals surface area contributed by atoms with Gasteiger partial charge in [-0.1, -0.05) is 12.1 Å². The molecule has 4 heteroatoms. The second kappa shape index (κ2) is 5.70. The van der Waals surface area contributed by atoms with Gasteiger partial charge in [-0.05, 0) is 24.6 Å². The van der Waals surface area contributed by atoms with E-state index in [1.807, 2.05) is 31.2 Å². The van der Waals surface area contributed by atoms with E-state index in [1.54, 1.807) is 0 Å². The number of ether oxygens (including phenoxy) is 1. The summed E-state index contributed by atoms with van der Waals surface area (Å²) >= 11 is 0. The molecule has 0 aliphatic heterocycles. The third-order valence-electron chi connectivity index (χ3n) is 2.25. The van der Waals surface area contributed by atoms with Crippen molar-refractivity contribution in [3.63, 3.8) is 0 Å². The first-order valence-corrected chi connectivity index (χ1v) is 5.03. The van der Waals surface area contributed by atoms with Crippen LogP contribution in [0.4, 0.5) is 0 Å². The Morgan fingerprint density at radius 3 is 2.33 bits per heavy atom. The quantitative estimate of drug-likeness (QED) is 0.657. The summed E-state index contributed by atoms with van der Waals surface area (Å²) in [5, 5.41) is 8.88. The number of hydrogen-bond acceptors (Lipinski definition) is 4. The van der Waals surface area contributed by atoms with Gasteiger partial charge in [-0.25, -0.2) is 0 Å². The minimum absolute atomic E-state index is 0.117. The molecule has 0 amide bonds. The molecule has 0 bridgehead atoms. The van der Waals surface area contributed by atoms with Crippen molar-refractivity contribution in [1.29, 1.82) is 0 Å². The highest BCUT2D eigenvalue weighted by Crippen LogP contribution is 2.17. The summed E-state index contributed by atoms with van der Waals surface area (Å²) in [5.41, 5.74) is 12.4. The lowest BCUT2D eigenvalue weighted by Crippen LogP contribution is -2.37. The lowest BCUT2D eigenvalue weighted by atomic mass is 10.0. The van der Waals surface area contributed by atoms with E-state index in [1.165, 1.54) is 0 Å². The molecule has 0 heterocycles. The maximum Gasteiger partial charge on any atom is 0.119 e. The second-order valence-corrected chi connectivity index (χ2v) is 3.37. The smallest absolute Gasteiger partial charge is 0.119 e. The topological polar surface area (TPSA) is 81.5 Å². The summed E-state index contributed by atoms with van der Waals surface area (Å²) in [6, 6.07) is 6.66. The first kappa shape index (κ1) is 12.0. The molecule has 1 aromatic rings. The van der Waals surface area contributed by atoms with Gasteiger partial charge >= 0.3 is 0 Å². The van der Waals surface area contributed by atoms with Crippen LogP contribution in [0.1, 0.15) is 18.5 Å².